The van der Waals surface area contributed by atoms with Gasteiger partial charge in [-0.1, -0.05) is 0 Å². The predicted molar refractivity (Wildman–Crippen MR) is 43.1 cm³/mol. The molecule has 1 atom stereocenters. The third kappa shape index (κ3) is 1.78. The van der Waals surface area contributed by atoms with E-state index in [0.29, 0.717) is 0 Å². The first-order chi connectivity index (χ1) is 5.63. The van der Waals surface area contributed by atoms with Crippen LogP contribution in [-0.4, -0.2) is 30.1 Å². The van der Waals surface area contributed by atoms with Gasteiger partial charge in [-0.3, -0.25) is 0 Å². The number of rotatable bonds is 2. The topological polar surface area (TPSA) is 74.6 Å². The zero-order valence-corrected chi connectivity index (χ0v) is 8.12. The van der Waals surface area contributed by atoms with Crippen molar-refractivity contribution in [2.75, 3.05) is 0 Å². The van der Waals surface area contributed by atoms with Crippen molar-refractivity contribution in [2.45, 2.75) is 0 Å². The van der Waals surface area contributed by atoms with E-state index in [0.717, 1.165) is 0 Å². The molecular formula is C7H7AsO4. The number of carboxylic acid groups (broad SMARTS) is 1. The van der Waals surface area contributed by atoms with E-state index in [2.05, 4.69) is 0 Å². The molecular weight excluding hydrogens is 223 g/mol. The molecule has 0 aliphatic carbocycles. The normalized spacial score (nSPS) is 12.4. The van der Waals surface area contributed by atoms with E-state index < -0.39 is 20.9 Å². The molecule has 0 spiro atoms. The molecule has 0 saturated carbocycles. The number of benzene rings is 1. The fraction of sp³-hybridized carbons (Fsp3) is 0. The average Bonchev–Trinajstić information content (AvgIpc) is 2.04. The fourth-order valence-electron chi connectivity index (χ4n) is 0.856. The molecule has 5 heteroatoms. The Labute approximate surface area is 73.3 Å². The van der Waals surface area contributed by atoms with Crippen molar-refractivity contribution in [1.29, 1.82) is 0 Å². The summed E-state index contributed by atoms with van der Waals surface area (Å²) >= 11 is -3.51. The van der Waals surface area contributed by atoms with Crippen LogP contribution in [0.4, 0.5) is 0 Å². The predicted octanol–water partition coefficient (Wildman–Crippen LogP) is -0.765. The molecule has 1 rings (SSSR count). The van der Waals surface area contributed by atoms with Gasteiger partial charge in [-0.2, -0.15) is 0 Å². The van der Waals surface area contributed by atoms with Crippen molar-refractivity contribution < 1.29 is 17.7 Å². The molecule has 64 valence electrons. The van der Waals surface area contributed by atoms with E-state index in [1.807, 2.05) is 0 Å². The third-order valence-electron chi connectivity index (χ3n) is 1.39. The third-order valence-corrected chi connectivity index (χ3v) is 3.27. The maximum absolute atomic E-state index is 10.7. The number of aromatic carboxylic acids is 1. The molecule has 0 heterocycles. The molecule has 1 aromatic carbocycles. The second kappa shape index (κ2) is 3.61. The minimum atomic E-state index is -3.51. The van der Waals surface area contributed by atoms with Crippen LogP contribution in [0, 0.1) is 0 Å². The zero-order valence-electron chi connectivity index (χ0n) is 6.02. The summed E-state index contributed by atoms with van der Waals surface area (Å²) in [6.45, 7) is 0. The molecule has 0 fully saturated rings. The van der Waals surface area contributed by atoms with Crippen LogP contribution in [0.15, 0.2) is 24.3 Å². The maximum atomic E-state index is 10.7. The Morgan fingerprint density at radius 3 is 2.33 bits per heavy atom. The second-order valence-electron chi connectivity index (χ2n) is 2.16. The average molecular weight is 230 g/mol. The fourth-order valence-corrected chi connectivity index (χ4v) is 2.24. The molecule has 12 heavy (non-hydrogen) atoms. The molecule has 0 bridgehead atoms. The van der Waals surface area contributed by atoms with E-state index in [-0.39, 0.29) is 9.91 Å². The van der Waals surface area contributed by atoms with Crippen molar-refractivity contribution in [3.05, 3.63) is 29.8 Å². The summed E-state index contributed by atoms with van der Waals surface area (Å²) in [7, 11) is 0. The first-order valence-corrected chi connectivity index (χ1v) is 6.03. The second-order valence-corrected chi connectivity index (χ2v) is 4.57. The van der Waals surface area contributed by atoms with Gasteiger partial charge >= 0.3 is 72.8 Å². The van der Waals surface area contributed by atoms with E-state index in [1.54, 1.807) is 6.07 Å². The number of hydrogen-bond donors (Lipinski definition) is 2. The number of hydrogen-bond acceptors (Lipinski definition) is 2. The Morgan fingerprint density at radius 1 is 1.33 bits per heavy atom. The van der Waals surface area contributed by atoms with Gasteiger partial charge in [-0.05, 0) is 0 Å². The van der Waals surface area contributed by atoms with Crippen LogP contribution in [0.5, 0.6) is 0 Å². The minimum absolute atomic E-state index is 0.0602. The van der Waals surface area contributed by atoms with E-state index in [9.17, 15) is 8.53 Å². The van der Waals surface area contributed by atoms with Crippen molar-refractivity contribution in [3.8, 4) is 0 Å². The molecule has 0 aliphatic heterocycles. The monoisotopic (exact) mass is 230 g/mol. The summed E-state index contributed by atoms with van der Waals surface area (Å²) < 4.78 is 19.6. The van der Waals surface area contributed by atoms with E-state index >= 15 is 0 Å². The van der Waals surface area contributed by atoms with Crippen LogP contribution >= 0.6 is 0 Å². The SMILES string of the molecule is O=C(O)c1ccccc1[AsH](=O)O. The van der Waals surface area contributed by atoms with E-state index in [1.165, 1.54) is 18.2 Å². The van der Waals surface area contributed by atoms with Gasteiger partial charge in [0.1, 0.15) is 0 Å². The summed E-state index contributed by atoms with van der Waals surface area (Å²) in [5, 5.41) is 8.59. The van der Waals surface area contributed by atoms with Crippen LogP contribution in [0.1, 0.15) is 10.4 Å². The Hall–Kier alpha value is -0.992. The van der Waals surface area contributed by atoms with Gasteiger partial charge in [0.15, 0.2) is 0 Å². The Balaban J connectivity index is 3.27. The molecule has 2 N–H and O–H groups in total. The molecule has 1 aromatic rings. The Morgan fingerprint density at radius 2 is 1.92 bits per heavy atom. The van der Waals surface area contributed by atoms with Crippen LogP contribution in [0.3, 0.4) is 0 Å². The molecule has 1 unspecified atom stereocenters. The van der Waals surface area contributed by atoms with Crippen molar-refractivity contribution >= 4 is 25.3 Å². The van der Waals surface area contributed by atoms with Gasteiger partial charge in [0, 0.05) is 0 Å². The number of carbonyl (C=O) groups is 1. The van der Waals surface area contributed by atoms with Crippen LogP contribution in [0.2, 0.25) is 0 Å². The van der Waals surface area contributed by atoms with Crippen LogP contribution in [-0.2, 0) is 3.74 Å². The van der Waals surface area contributed by atoms with E-state index in [4.69, 9.17) is 9.20 Å². The van der Waals surface area contributed by atoms with Crippen LogP contribution in [0.25, 0.3) is 0 Å². The molecule has 0 radical (unpaired) electrons. The standard InChI is InChI=1S/C7H7AsO4/c9-7(10)5-3-1-2-4-6(5)8(11)12/h1-4,8H,(H,9,10)(H,11,12). The Bertz CT molecular complexity index is 301. The number of carboxylic acids is 1. The van der Waals surface area contributed by atoms with Gasteiger partial charge in [-0.25, -0.2) is 0 Å². The molecule has 0 aromatic heterocycles. The quantitative estimate of drug-likeness (QED) is 0.654. The summed E-state index contributed by atoms with van der Waals surface area (Å²) in [5.41, 5.74) is -0.0787. The van der Waals surface area contributed by atoms with Gasteiger partial charge < -0.3 is 0 Å². The van der Waals surface area contributed by atoms with Crippen molar-refractivity contribution in [1.82, 2.24) is 0 Å². The summed E-state index contributed by atoms with van der Waals surface area (Å²) in [6, 6.07) is 5.75. The van der Waals surface area contributed by atoms with Gasteiger partial charge in [-0.15, -0.1) is 0 Å². The summed E-state index contributed by atoms with van der Waals surface area (Å²) in [5.74, 6) is -1.17. The first kappa shape index (κ1) is 9.10. The molecule has 4 nitrogen and oxygen atoms in total. The van der Waals surface area contributed by atoms with Gasteiger partial charge in [0.05, 0.1) is 0 Å². The molecule has 0 saturated heterocycles. The Kier molecular flexibility index (Phi) is 2.73. The first-order valence-electron chi connectivity index (χ1n) is 3.18. The van der Waals surface area contributed by atoms with Crippen molar-refractivity contribution in [2.24, 2.45) is 0 Å². The molecule has 0 aliphatic rings. The molecule has 0 amide bonds. The van der Waals surface area contributed by atoms with Crippen LogP contribution < -0.4 is 4.35 Å². The zero-order chi connectivity index (χ0) is 9.14. The van der Waals surface area contributed by atoms with Gasteiger partial charge in [0.25, 0.3) is 0 Å². The van der Waals surface area contributed by atoms with Crippen molar-refractivity contribution in [3.63, 3.8) is 0 Å². The van der Waals surface area contributed by atoms with Gasteiger partial charge in [0.2, 0.25) is 0 Å². The summed E-state index contributed by atoms with van der Waals surface area (Å²) in [6.07, 6.45) is 0. The summed E-state index contributed by atoms with van der Waals surface area (Å²) in [4.78, 5) is 10.5.